The minimum Gasteiger partial charge on any atom is -0.494 e. The van der Waals surface area contributed by atoms with Crippen molar-refractivity contribution in [2.75, 3.05) is 58.4 Å². The summed E-state index contributed by atoms with van der Waals surface area (Å²) in [5.41, 5.74) is 1.11. The number of hydrogen-bond donors (Lipinski definition) is 1. The summed E-state index contributed by atoms with van der Waals surface area (Å²) >= 11 is 1.23. The maximum Gasteiger partial charge on any atom is 0.268 e. The number of aliphatic hydroxyl groups excluding tert-OH is 1. The highest BCUT2D eigenvalue weighted by molar-refractivity contribution is 8.04. The zero-order valence-electron chi connectivity index (χ0n) is 16.8. The van der Waals surface area contributed by atoms with Crippen molar-refractivity contribution in [2.24, 2.45) is 0 Å². The van der Waals surface area contributed by atoms with Crippen LogP contribution < -0.4 is 4.74 Å². The summed E-state index contributed by atoms with van der Waals surface area (Å²) in [5, 5.41) is 9.21. The number of carbonyl (C=O) groups is 2. The number of thioether (sulfide) groups is 1. The second kappa shape index (κ2) is 10.8. The number of carbonyl (C=O) groups excluding carboxylic acids is 2. The molecule has 0 radical (unpaired) electrons. The van der Waals surface area contributed by atoms with E-state index in [9.17, 15) is 14.7 Å². The normalized spacial score (nSPS) is 18.1. The van der Waals surface area contributed by atoms with Crippen molar-refractivity contribution in [3.63, 3.8) is 0 Å². The maximum absolute atomic E-state index is 13.1. The highest BCUT2D eigenvalue weighted by Crippen LogP contribution is 2.36. The van der Waals surface area contributed by atoms with Crippen LogP contribution in [-0.4, -0.2) is 85.1 Å². The first-order valence-corrected chi connectivity index (χ1v) is 11.0. The van der Waals surface area contributed by atoms with Crippen LogP contribution in [0.3, 0.4) is 0 Å². The first-order chi connectivity index (χ1) is 14.2. The predicted octanol–water partition coefficient (Wildman–Crippen LogP) is 1.61. The number of amides is 2. The van der Waals surface area contributed by atoms with Gasteiger partial charge in [-0.1, -0.05) is 19.1 Å². The van der Waals surface area contributed by atoms with Crippen molar-refractivity contribution in [1.29, 1.82) is 0 Å². The number of nitrogens with zero attached hydrogens (tertiary/aromatic N) is 2. The van der Waals surface area contributed by atoms with Gasteiger partial charge in [0.05, 0.1) is 36.9 Å². The highest BCUT2D eigenvalue weighted by Gasteiger charge is 2.39. The van der Waals surface area contributed by atoms with Crippen LogP contribution in [0.2, 0.25) is 0 Å². The van der Waals surface area contributed by atoms with E-state index in [2.05, 4.69) is 4.90 Å². The van der Waals surface area contributed by atoms with Crippen molar-refractivity contribution < 1.29 is 24.2 Å². The molecule has 7 nitrogen and oxygen atoms in total. The summed E-state index contributed by atoms with van der Waals surface area (Å²) in [5.74, 6) is 0.558. The molecule has 0 saturated carbocycles. The fourth-order valence-corrected chi connectivity index (χ4v) is 4.18. The summed E-state index contributed by atoms with van der Waals surface area (Å²) < 4.78 is 11.0. The molecular weight excluding hydrogens is 392 g/mol. The fraction of sp³-hybridized carbons (Fsp3) is 0.524. The average Bonchev–Trinajstić information content (AvgIpc) is 2.99. The summed E-state index contributed by atoms with van der Waals surface area (Å²) in [6.45, 7) is 6.57. The molecule has 3 rings (SSSR count). The van der Waals surface area contributed by atoms with E-state index in [0.29, 0.717) is 54.7 Å². The lowest BCUT2D eigenvalue weighted by molar-refractivity contribution is -0.136. The molecule has 2 amide bonds. The Labute approximate surface area is 175 Å². The predicted molar refractivity (Wildman–Crippen MR) is 113 cm³/mol. The largest absolute Gasteiger partial charge is 0.494 e. The molecule has 8 heteroatoms. The number of ether oxygens (including phenoxy) is 2. The molecule has 2 aliphatic heterocycles. The van der Waals surface area contributed by atoms with Gasteiger partial charge >= 0.3 is 0 Å². The Bertz CT molecular complexity index is 744. The average molecular weight is 421 g/mol. The molecule has 158 valence electrons. The lowest BCUT2D eigenvalue weighted by Gasteiger charge is -2.28. The maximum atomic E-state index is 13.1. The van der Waals surface area contributed by atoms with Gasteiger partial charge in [-0.05, 0) is 24.1 Å². The van der Waals surface area contributed by atoms with E-state index in [4.69, 9.17) is 9.47 Å². The first kappa shape index (κ1) is 21.8. The first-order valence-electron chi connectivity index (χ1n) is 10.0. The molecule has 1 aromatic rings. The second-order valence-corrected chi connectivity index (χ2v) is 7.97. The molecule has 0 spiro atoms. The van der Waals surface area contributed by atoms with Crippen LogP contribution in [0.4, 0.5) is 0 Å². The zero-order valence-corrected chi connectivity index (χ0v) is 17.6. The molecule has 1 N–H and O–H groups in total. The molecule has 0 unspecified atom stereocenters. The third-order valence-corrected chi connectivity index (χ3v) is 5.88. The highest BCUT2D eigenvalue weighted by atomic mass is 32.2. The van der Waals surface area contributed by atoms with Crippen LogP contribution >= 0.6 is 11.8 Å². The number of benzene rings is 1. The lowest BCUT2D eigenvalue weighted by atomic mass is 10.1. The van der Waals surface area contributed by atoms with E-state index in [-0.39, 0.29) is 18.4 Å². The van der Waals surface area contributed by atoms with Crippen LogP contribution in [0, 0.1) is 0 Å². The Kier molecular flexibility index (Phi) is 8.11. The molecule has 2 aliphatic rings. The number of morpholine rings is 1. The Morgan fingerprint density at radius 2 is 1.83 bits per heavy atom. The molecule has 0 atom stereocenters. The molecule has 2 heterocycles. The van der Waals surface area contributed by atoms with Crippen molar-refractivity contribution >= 4 is 29.1 Å². The van der Waals surface area contributed by atoms with Gasteiger partial charge in [0.2, 0.25) is 0 Å². The van der Waals surface area contributed by atoms with Crippen LogP contribution in [0.5, 0.6) is 5.75 Å². The lowest BCUT2D eigenvalue weighted by Crippen LogP contribution is -2.43. The molecule has 0 aromatic heterocycles. The minimum atomic E-state index is -0.275. The summed E-state index contributed by atoms with van der Waals surface area (Å²) in [6.07, 6.45) is 0.917. The van der Waals surface area contributed by atoms with Gasteiger partial charge in [-0.3, -0.25) is 19.4 Å². The smallest absolute Gasteiger partial charge is 0.268 e. The van der Waals surface area contributed by atoms with E-state index in [1.54, 1.807) is 0 Å². The Balaban J connectivity index is 1.76. The summed E-state index contributed by atoms with van der Waals surface area (Å²) in [4.78, 5) is 30.0. The number of aliphatic hydroxyl groups is 1. The van der Waals surface area contributed by atoms with Crippen LogP contribution in [0.25, 0.3) is 5.57 Å². The molecular formula is C21H28N2O5S. The Hall–Kier alpha value is -1.87. The van der Waals surface area contributed by atoms with Gasteiger partial charge in [0.1, 0.15) is 5.75 Å². The molecule has 0 aliphatic carbocycles. The standard InChI is InChI=1S/C21H28N2O5S/c1-2-12-28-17-5-3-16(4-6-17)18-19(29-15-11-24)21(26)23(20(18)25)8-7-22-9-13-27-14-10-22/h3-6,24H,2,7-15H2,1H3. The zero-order chi connectivity index (χ0) is 20.6. The van der Waals surface area contributed by atoms with Crippen molar-refractivity contribution in [1.82, 2.24) is 9.80 Å². The van der Waals surface area contributed by atoms with Gasteiger partial charge in [-0.25, -0.2) is 0 Å². The Morgan fingerprint density at radius 1 is 1.10 bits per heavy atom. The molecule has 0 bridgehead atoms. The van der Waals surface area contributed by atoms with Gasteiger partial charge in [0.25, 0.3) is 11.8 Å². The van der Waals surface area contributed by atoms with E-state index in [0.717, 1.165) is 25.3 Å². The van der Waals surface area contributed by atoms with Crippen LogP contribution in [-0.2, 0) is 14.3 Å². The SMILES string of the molecule is CCCOc1ccc(C2=C(SCCO)C(=O)N(CCN3CCOCC3)C2=O)cc1. The summed E-state index contributed by atoms with van der Waals surface area (Å²) in [6, 6.07) is 7.27. The molecule has 1 saturated heterocycles. The van der Waals surface area contributed by atoms with E-state index < -0.39 is 0 Å². The van der Waals surface area contributed by atoms with Crippen molar-refractivity contribution in [2.45, 2.75) is 13.3 Å². The van der Waals surface area contributed by atoms with Gasteiger partial charge in [0, 0.05) is 31.9 Å². The van der Waals surface area contributed by atoms with E-state index in [1.165, 1.54) is 16.7 Å². The molecule has 1 aromatic carbocycles. The van der Waals surface area contributed by atoms with Crippen molar-refractivity contribution in [3.8, 4) is 5.75 Å². The number of hydrogen-bond acceptors (Lipinski definition) is 7. The molecule has 1 fully saturated rings. The van der Waals surface area contributed by atoms with Crippen LogP contribution in [0.1, 0.15) is 18.9 Å². The third-order valence-electron chi connectivity index (χ3n) is 4.82. The fourth-order valence-electron chi connectivity index (χ4n) is 3.30. The summed E-state index contributed by atoms with van der Waals surface area (Å²) in [7, 11) is 0. The van der Waals surface area contributed by atoms with Crippen LogP contribution in [0.15, 0.2) is 29.2 Å². The minimum absolute atomic E-state index is 0.0551. The quantitative estimate of drug-likeness (QED) is 0.576. The van der Waals surface area contributed by atoms with Gasteiger partial charge < -0.3 is 14.6 Å². The van der Waals surface area contributed by atoms with E-state index >= 15 is 0 Å². The van der Waals surface area contributed by atoms with Crippen molar-refractivity contribution in [3.05, 3.63) is 34.7 Å². The van der Waals surface area contributed by atoms with E-state index in [1.807, 2.05) is 31.2 Å². The Morgan fingerprint density at radius 3 is 2.48 bits per heavy atom. The number of imide groups is 1. The van der Waals surface area contributed by atoms with Gasteiger partial charge in [-0.2, -0.15) is 0 Å². The number of rotatable bonds is 10. The van der Waals surface area contributed by atoms with Gasteiger partial charge in [0.15, 0.2) is 0 Å². The third kappa shape index (κ3) is 5.39. The molecule has 29 heavy (non-hydrogen) atoms. The monoisotopic (exact) mass is 420 g/mol. The van der Waals surface area contributed by atoms with Gasteiger partial charge in [-0.15, -0.1) is 11.8 Å². The topological polar surface area (TPSA) is 79.3 Å². The second-order valence-electron chi connectivity index (χ2n) is 6.86.